The van der Waals surface area contributed by atoms with Gasteiger partial charge in [0.15, 0.2) is 0 Å². The average molecular weight is 319 g/mol. The van der Waals surface area contributed by atoms with Crippen molar-refractivity contribution in [2.24, 2.45) is 4.99 Å². The van der Waals surface area contributed by atoms with Gasteiger partial charge in [-0.1, -0.05) is 6.07 Å². The fourth-order valence-electron chi connectivity index (χ4n) is 3.03. The first-order chi connectivity index (χ1) is 11.8. The lowest BCUT2D eigenvalue weighted by Crippen LogP contribution is -2.19. The number of aryl methyl sites for hydroxylation is 1. The molecule has 4 rings (SSSR count). The lowest BCUT2D eigenvalue weighted by atomic mass is 10.0. The molecule has 0 spiro atoms. The summed E-state index contributed by atoms with van der Waals surface area (Å²) in [5.74, 6) is 0.460. The van der Waals surface area contributed by atoms with Crippen LogP contribution in [-0.4, -0.2) is 28.6 Å². The van der Waals surface area contributed by atoms with Crippen LogP contribution in [0, 0.1) is 0 Å². The minimum Gasteiger partial charge on any atom is -0.475 e. The smallest absolute Gasteiger partial charge is 0.221 e. The van der Waals surface area contributed by atoms with Crippen LogP contribution in [0.3, 0.4) is 0 Å². The number of aliphatic imine (C=N–C) groups is 1. The van der Waals surface area contributed by atoms with Gasteiger partial charge in [0.1, 0.15) is 12.2 Å². The summed E-state index contributed by atoms with van der Waals surface area (Å²) < 4.78 is 7.56. The zero-order valence-corrected chi connectivity index (χ0v) is 13.4. The Kier molecular flexibility index (Phi) is 3.61. The predicted molar refractivity (Wildman–Crippen MR) is 94.5 cm³/mol. The van der Waals surface area contributed by atoms with Crippen molar-refractivity contribution in [3.8, 4) is 11.1 Å². The topological polar surface area (TPSA) is 56.5 Å². The quantitative estimate of drug-likeness (QED) is 0.746. The second kappa shape index (κ2) is 5.92. The van der Waals surface area contributed by atoms with Gasteiger partial charge in [0.05, 0.1) is 12.1 Å². The van der Waals surface area contributed by atoms with Gasteiger partial charge in [0.2, 0.25) is 11.3 Å². The Morgan fingerprint density at radius 2 is 2.00 bits per heavy atom. The monoisotopic (exact) mass is 319 g/mol. The third-order valence-corrected chi connectivity index (χ3v) is 4.25. The van der Waals surface area contributed by atoms with Crippen molar-refractivity contribution in [3.63, 3.8) is 0 Å². The summed E-state index contributed by atoms with van der Waals surface area (Å²) in [6, 6.07) is 9.84. The van der Waals surface area contributed by atoms with E-state index in [2.05, 4.69) is 27.5 Å². The molecule has 0 amide bonds. The summed E-state index contributed by atoms with van der Waals surface area (Å²) in [6.07, 6.45) is 5.39. The van der Waals surface area contributed by atoms with Gasteiger partial charge >= 0.3 is 0 Å². The van der Waals surface area contributed by atoms with E-state index in [1.807, 2.05) is 30.5 Å². The maximum absolute atomic E-state index is 12.8. The SMILES string of the molecule is CCn1cc(C2=NCCO2)c(=O)c2ccc(-c3ccncc3)cc21. The fourth-order valence-corrected chi connectivity index (χ4v) is 3.03. The van der Waals surface area contributed by atoms with E-state index in [9.17, 15) is 4.79 Å². The van der Waals surface area contributed by atoms with Crippen molar-refractivity contribution in [2.75, 3.05) is 13.2 Å². The van der Waals surface area contributed by atoms with E-state index in [1.54, 1.807) is 12.4 Å². The first kappa shape index (κ1) is 14.6. The Labute approximate surface area is 139 Å². The van der Waals surface area contributed by atoms with E-state index in [0.29, 0.717) is 30.0 Å². The molecule has 1 aliphatic heterocycles. The lowest BCUT2D eigenvalue weighted by Gasteiger charge is -2.13. The third-order valence-electron chi connectivity index (χ3n) is 4.25. The van der Waals surface area contributed by atoms with Crippen molar-refractivity contribution in [2.45, 2.75) is 13.5 Å². The molecule has 0 atom stereocenters. The molecule has 0 saturated carbocycles. The van der Waals surface area contributed by atoms with Crippen molar-refractivity contribution in [1.29, 1.82) is 0 Å². The summed E-state index contributed by atoms with van der Waals surface area (Å²) in [5.41, 5.74) is 3.57. The Morgan fingerprint density at radius 1 is 1.17 bits per heavy atom. The first-order valence-corrected chi connectivity index (χ1v) is 8.03. The van der Waals surface area contributed by atoms with Crippen LogP contribution in [-0.2, 0) is 11.3 Å². The second-order valence-corrected chi connectivity index (χ2v) is 5.66. The van der Waals surface area contributed by atoms with Crippen LogP contribution in [0.25, 0.3) is 22.0 Å². The number of ether oxygens (including phenoxy) is 1. The maximum Gasteiger partial charge on any atom is 0.221 e. The molecule has 1 aromatic carbocycles. The molecule has 0 radical (unpaired) electrons. The minimum atomic E-state index is -0.0309. The molecule has 0 fully saturated rings. The average Bonchev–Trinajstić information content (AvgIpc) is 3.17. The van der Waals surface area contributed by atoms with Gasteiger partial charge in [0, 0.05) is 30.5 Å². The molecule has 2 aromatic heterocycles. The molecule has 5 nitrogen and oxygen atoms in total. The molecule has 3 heterocycles. The van der Waals surface area contributed by atoms with Gasteiger partial charge in [-0.15, -0.1) is 0 Å². The fraction of sp³-hybridized carbons (Fsp3) is 0.211. The maximum atomic E-state index is 12.8. The van der Waals surface area contributed by atoms with E-state index < -0.39 is 0 Å². The van der Waals surface area contributed by atoms with Crippen molar-refractivity contribution in [1.82, 2.24) is 9.55 Å². The lowest BCUT2D eigenvalue weighted by molar-refractivity contribution is 0.348. The number of hydrogen-bond donors (Lipinski definition) is 0. The summed E-state index contributed by atoms with van der Waals surface area (Å²) in [6.45, 7) is 3.97. The molecule has 1 aliphatic rings. The van der Waals surface area contributed by atoms with E-state index in [0.717, 1.165) is 23.2 Å². The standard InChI is InChI=1S/C19H17N3O2/c1-2-22-12-16(19-21-9-10-24-19)18(23)15-4-3-14(11-17(15)22)13-5-7-20-8-6-13/h3-8,11-12H,2,9-10H2,1H3. The van der Waals surface area contributed by atoms with Gasteiger partial charge in [-0.3, -0.25) is 9.78 Å². The first-order valence-electron chi connectivity index (χ1n) is 8.03. The van der Waals surface area contributed by atoms with Gasteiger partial charge in [0.25, 0.3) is 0 Å². The minimum absolute atomic E-state index is 0.0309. The highest BCUT2D eigenvalue weighted by molar-refractivity contribution is 5.98. The van der Waals surface area contributed by atoms with E-state index in [-0.39, 0.29) is 5.43 Å². The van der Waals surface area contributed by atoms with E-state index in [1.165, 1.54) is 0 Å². The molecule has 0 saturated heterocycles. The Bertz CT molecular complexity index is 991. The number of rotatable bonds is 3. The normalized spacial score (nSPS) is 13.8. The Morgan fingerprint density at radius 3 is 2.71 bits per heavy atom. The zero-order valence-electron chi connectivity index (χ0n) is 13.4. The van der Waals surface area contributed by atoms with Crippen LogP contribution < -0.4 is 5.43 Å². The van der Waals surface area contributed by atoms with Crippen LogP contribution in [0.1, 0.15) is 12.5 Å². The summed E-state index contributed by atoms with van der Waals surface area (Å²) in [7, 11) is 0. The van der Waals surface area contributed by atoms with Crippen molar-refractivity contribution >= 4 is 16.8 Å². The van der Waals surface area contributed by atoms with Crippen molar-refractivity contribution < 1.29 is 4.74 Å². The molecule has 0 unspecified atom stereocenters. The molecular weight excluding hydrogens is 302 g/mol. The van der Waals surface area contributed by atoms with Crippen molar-refractivity contribution in [3.05, 3.63) is 64.7 Å². The number of hydrogen-bond acceptors (Lipinski definition) is 4. The van der Waals surface area contributed by atoms with Gasteiger partial charge in [-0.2, -0.15) is 0 Å². The number of benzene rings is 1. The third kappa shape index (κ3) is 2.38. The molecule has 5 heteroatoms. The van der Waals surface area contributed by atoms with E-state index in [4.69, 9.17) is 4.74 Å². The molecular formula is C19H17N3O2. The van der Waals surface area contributed by atoms with Gasteiger partial charge in [-0.25, -0.2) is 4.99 Å². The Balaban J connectivity index is 1.95. The molecule has 120 valence electrons. The highest BCUT2D eigenvalue weighted by Gasteiger charge is 2.17. The summed E-state index contributed by atoms with van der Waals surface area (Å²) in [5, 5.41) is 0.686. The second-order valence-electron chi connectivity index (χ2n) is 5.66. The van der Waals surface area contributed by atoms with Crippen LogP contribution in [0.5, 0.6) is 0 Å². The van der Waals surface area contributed by atoms with Crippen LogP contribution in [0.15, 0.2) is 58.7 Å². The number of fused-ring (bicyclic) bond motifs is 1. The highest BCUT2D eigenvalue weighted by atomic mass is 16.5. The molecule has 0 N–H and O–H groups in total. The molecule has 0 aliphatic carbocycles. The molecule has 3 aromatic rings. The van der Waals surface area contributed by atoms with Gasteiger partial charge < -0.3 is 9.30 Å². The van der Waals surface area contributed by atoms with E-state index >= 15 is 0 Å². The summed E-state index contributed by atoms with van der Waals surface area (Å²) in [4.78, 5) is 21.2. The predicted octanol–water partition coefficient (Wildman–Crippen LogP) is 2.86. The number of aromatic nitrogens is 2. The highest BCUT2D eigenvalue weighted by Crippen LogP contribution is 2.23. The number of nitrogens with zero attached hydrogens (tertiary/aromatic N) is 3. The zero-order chi connectivity index (χ0) is 16.5. The number of pyridine rings is 2. The van der Waals surface area contributed by atoms with Crippen LogP contribution in [0.4, 0.5) is 0 Å². The van der Waals surface area contributed by atoms with Crippen LogP contribution in [0.2, 0.25) is 0 Å². The molecule has 0 bridgehead atoms. The Hall–Kier alpha value is -2.95. The summed E-state index contributed by atoms with van der Waals surface area (Å²) >= 11 is 0. The largest absolute Gasteiger partial charge is 0.475 e. The van der Waals surface area contributed by atoms with Crippen LogP contribution >= 0.6 is 0 Å². The van der Waals surface area contributed by atoms with Gasteiger partial charge in [-0.05, 0) is 42.3 Å². The molecule has 24 heavy (non-hydrogen) atoms.